The first-order valence-electron chi connectivity index (χ1n) is 9.58. The van der Waals surface area contributed by atoms with Crippen LogP contribution >= 0.6 is 0 Å². The van der Waals surface area contributed by atoms with Crippen LogP contribution in [0.4, 0.5) is 0 Å². The molecule has 0 amide bonds. The van der Waals surface area contributed by atoms with Gasteiger partial charge in [-0.2, -0.15) is 0 Å². The molecule has 0 aromatic heterocycles. The van der Waals surface area contributed by atoms with Gasteiger partial charge in [-0.15, -0.1) is 6.42 Å². The lowest BCUT2D eigenvalue weighted by molar-refractivity contribution is -0.120. The Labute approximate surface area is 141 Å². The van der Waals surface area contributed by atoms with E-state index in [2.05, 4.69) is 19.8 Å². The van der Waals surface area contributed by atoms with Crippen molar-refractivity contribution in [3.8, 4) is 12.3 Å². The minimum Gasteiger partial charge on any atom is -0.390 e. The van der Waals surface area contributed by atoms with Crippen molar-refractivity contribution in [3.63, 3.8) is 0 Å². The van der Waals surface area contributed by atoms with Crippen LogP contribution in [0.15, 0.2) is 0 Å². The molecule has 0 saturated heterocycles. The highest BCUT2D eigenvalue weighted by atomic mass is 16.3. The highest BCUT2D eigenvalue weighted by Crippen LogP contribution is 2.69. The molecule has 0 aromatic carbocycles. The molecular formula is C21H32O2. The normalized spacial score (nSPS) is 61.4. The Bertz CT molecular complexity index is 561. The van der Waals surface area contributed by atoms with Gasteiger partial charge in [0.1, 0.15) is 5.60 Å². The van der Waals surface area contributed by atoms with Crippen LogP contribution in [-0.2, 0) is 0 Å². The number of fused-ring (bicyclic) bond motifs is 5. The molecule has 8 atom stereocenters. The summed E-state index contributed by atoms with van der Waals surface area (Å²) < 4.78 is 0. The molecule has 2 N–H and O–H groups in total. The van der Waals surface area contributed by atoms with Gasteiger partial charge in [-0.25, -0.2) is 0 Å². The van der Waals surface area contributed by atoms with Gasteiger partial charge < -0.3 is 10.2 Å². The zero-order valence-corrected chi connectivity index (χ0v) is 14.9. The lowest BCUT2D eigenvalue weighted by Crippen LogP contribution is -2.54. The molecule has 4 aliphatic carbocycles. The van der Waals surface area contributed by atoms with Crippen LogP contribution in [0.25, 0.3) is 0 Å². The molecule has 0 radical (unpaired) electrons. The minimum atomic E-state index is -0.901. The Hall–Kier alpha value is -0.520. The Balaban J connectivity index is 1.68. The number of hydrogen-bond acceptors (Lipinski definition) is 2. The van der Waals surface area contributed by atoms with Crippen molar-refractivity contribution in [2.45, 2.75) is 83.3 Å². The highest BCUT2D eigenvalue weighted by Gasteiger charge is 2.65. The SMILES string of the molecule is C#C[C@]1(O)CCC2C3CCC4C[C@@](C)(O)C[C@]4(C)C3CC[C@@]21C. The van der Waals surface area contributed by atoms with E-state index < -0.39 is 11.2 Å². The van der Waals surface area contributed by atoms with Crippen molar-refractivity contribution in [1.82, 2.24) is 0 Å². The van der Waals surface area contributed by atoms with Crippen LogP contribution in [0.3, 0.4) is 0 Å². The van der Waals surface area contributed by atoms with E-state index in [0.717, 1.165) is 32.1 Å². The minimum absolute atomic E-state index is 0.104. The van der Waals surface area contributed by atoms with Gasteiger partial charge in [-0.05, 0) is 87.4 Å². The largest absolute Gasteiger partial charge is 0.390 e. The molecule has 0 aromatic rings. The maximum Gasteiger partial charge on any atom is 0.130 e. The Kier molecular flexibility index (Phi) is 3.16. The standard InChI is InChI=1S/C21H32O2/c1-5-21(23)11-9-17-15-7-6-14-12-18(2,22)13-19(14,3)16(15)8-10-20(17,21)4/h1,14-17,22-23H,6-13H2,2-4H3/t14?,15?,16?,17?,18-,19+,20+,21+/m1/s1. The van der Waals surface area contributed by atoms with E-state index in [1.807, 2.05) is 6.92 Å². The average Bonchev–Trinajstić information content (AvgIpc) is 2.89. The molecule has 0 aliphatic heterocycles. The Morgan fingerprint density at radius 3 is 2.35 bits per heavy atom. The van der Waals surface area contributed by atoms with E-state index in [1.165, 1.54) is 19.3 Å². The van der Waals surface area contributed by atoms with Crippen LogP contribution in [0.2, 0.25) is 0 Å². The molecule has 23 heavy (non-hydrogen) atoms. The monoisotopic (exact) mass is 316 g/mol. The fourth-order valence-electron chi connectivity index (χ4n) is 7.82. The summed E-state index contributed by atoms with van der Waals surface area (Å²) >= 11 is 0. The summed E-state index contributed by atoms with van der Waals surface area (Å²) in [6.07, 6.45) is 14.2. The number of aliphatic hydroxyl groups is 2. The summed E-state index contributed by atoms with van der Waals surface area (Å²) in [5.74, 6) is 5.39. The molecule has 128 valence electrons. The van der Waals surface area contributed by atoms with E-state index in [-0.39, 0.29) is 10.8 Å². The third-order valence-electron chi connectivity index (χ3n) is 8.90. The molecule has 2 heteroatoms. The van der Waals surface area contributed by atoms with Crippen molar-refractivity contribution < 1.29 is 10.2 Å². The van der Waals surface area contributed by atoms with Gasteiger partial charge in [0, 0.05) is 5.41 Å². The van der Waals surface area contributed by atoms with Crippen LogP contribution in [-0.4, -0.2) is 21.4 Å². The molecule has 4 rings (SSSR count). The Morgan fingerprint density at radius 1 is 0.957 bits per heavy atom. The topological polar surface area (TPSA) is 40.5 Å². The summed E-state index contributed by atoms with van der Waals surface area (Å²) in [7, 11) is 0. The fraction of sp³-hybridized carbons (Fsp3) is 0.905. The molecule has 4 saturated carbocycles. The molecule has 0 spiro atoms. The average molecular weight is 316 g/mol. The summed E-state index contributed by atoms with van der Waals surface area (Å²) in [5.41, 5.74) is -1.20. The van der Waals surface area contributed by atoms with Crippen LogP contribution in [0.1, 0.15) is 72.1 Å². The van der Waals surface area contributed by atoms with Crippen molar-refractivity contribution in [2.24, 2.45) is 34.5 Å². The predicted octanol–water partition coefficient (Wildman–Crippen LogP) is 3.75. The molecule has 4 unspecified atom stereocenters. The molecule has 0 heterocycles. The van der Waals surface area contributed by atoms with Gasteiger partial charge in [0.05, 0.1) is 5.60 Å². The highest BCUT2D eigenvalue weighted by molar-refractivity contribution is 5.24. The summed E-state index contributed by atoms with van der Waals surface area (Å²) in [4.78, 5) is 0. The van der Waals surface area contributed by atoms with Crippen molar-refractivity contribution >= 4 is 0 Å². The molecule has 4 aliphatic rings. The van der Waals surface area contributed by atoms with Gasteiger partial charge >= 0.3 is 0 Å². The maximum atomic E-state index is 11.0. The third kappa shape index (κ3) is 1.90. The summed E-state index contributed by atoms with van der Waals surface area (Å²) in [5, 5.41) is 21.7. The van der Waals surface area contributed by atoms with E-state index in [4.69, 9.17) is 6.42 Å². The van der Waals surface area contributed by atoms with Gasteiger partial charge in [0.15, 0.2) is 0 Å². The Morgan fingerprint density at radius 2 is 1.65 bits per heavy atom. The zero-order valence-electron chi connectivity index (χ0n) is 14.9. The molecular weight excluding hydrogens is 284 g/mol. The van der Waals surface area contributed by atoms with E-state index >= 15 is 0 Å². The predicted molar refractivity (Wildman–Crippen MR) is 91.5 cm³/mol. The third-order valence-corrected chi connectivity index (χ3v) is 8.90. The van der Waals surface area contributed by atoms with Gasteiger partial charge in [0.25, 0.3) is 0 Å². The van der Waals surface area contributed by atoms with Crippen molar-refractivity contribution in [2.75, 3.05) is 0 Å². The first-order valence-corrected chi connectivity index (χ1v) is 9.58. The van der Waals surface area contributed by atoms with Crippen LogP contribution < -0.4 is 0 Å². The maximum absolute atomic E-state index is 11.0. The first kappa shape index (κ1) is 16.0. The first-order chi connectivity index (χ1) is 10.7. The smallest absolute Gasteiger partial charge is 0.130 e. The molecule has 0 bridgehead atoms. The van der Waals surface area contributed by atoms with E-state index in [9.17, 15) is 10.2 Å². The summed E-state index contributed by atoms with van der Waals surface area (Å²) in [6, 6.07) is 0. The number of hydrogen-bond donors (Lipinski definition) is 2. The second-order valence-corrected chi connectivity index (χ2v) is 10.0. The quantitative estimate of drug-likeness (QED) is 0.668. The molecule has 2 nitrogen and oxygen atoms in total. The van der Waals surface area contributed by atoms with E-state index in [1.54, 1.807) is 0 Å². The van der Waals surface area contributed by atoms with E-state index in [0.29, 0.717) is 23.7 Å². The van der Waals surface area contributed by atoms with Crippen molar-refractivity contribution in [1.29, 1.82) is 0 Å². The number of rotatable bonds is 0. The second-order valence-electron chi connectivity index (χ2n) is 10.0. The zero-order chi connectivity index (χ0) is 16.7. The number of terminal acetylenes is 1. The second kappa shape index (κ2) is 4.55. The lowest BCUT2D eigenvalue weighted by atomic mass is 9.47. The van der Waals surface area contributed by atoms with Crippen LogP contribution in [0.5, 0.6) is 0 Å². The lowest BCUT2D eigenvalue weighted by Gasteiger charge is -2.58. The van der Waals surface area contributed by atoms with Gasteiger partial charge in [0.2, 0.25) is 0 Å². The van der Waals surface area contributed by atoms with Gasteiger partial charge in [-0.1, -0.05) is 19.8 Å². The summed E-state index contributed by atoms with van der Waals surface area (Å²) in [6.45, 7) is 6.73. The van der Waals surface area contributed by atoms with Crippen molar-refractivity contribution in [3.05, 3.63) is 0 Å². The molecule has 4 fully saturated rings. The van der Waals surface area contributed by atoms with Gasteiger partial charge in [-0.3, -0.25) is 0 Å². The fourth-order valence-corrected chi connectivity index (χ4v) is 7.82. The van der Waals surface area contributed by atoms with Crippen LogP contribution in [0, 0.1) is 46.8 Å².